The first kappa shape index (κ1) is 24.3. The van der Waals surface area contributed by atoms with Crippen molar-refractivity contribution >= 4 is 44.9 Å². The molecule has 0 radical (unpaired) electrons. The van der Waals surface area contributed by atoms with Crippen LogP contribution >= 0.6 is 0 Å². The van der Waals surface area contributed by atoms with Crippen molar-refractivity contribution in [1.29, 1.82) is 5.26 Å². The molecule has 0 aliphatic carbocycles. The van der Waals surface area contributed by atoms with Gasteiger partial charge in [0.05, 0.1) is 40.8 Å². The van der Waals surface area contributed by atoms with Crippen LogP contribution in [0.25, 0.3) is 21.8 Å². The Kier molecular flexibility index (Phi) is 7.05. The van der Waals surface area contributed by atoms with E-state index >= 15 is 0 Å². The van der Waals surface area contributed by atoms with Crippen LogP contribution in [0.1, 0.15) is 32.3 Å². The number of H-pyrrole nitrogens is 1. The van der Waals surface area contributed by atoms with Gasteiger partial charge in [-0.05, 0) is 50.6 Å². The van der Waals surface area contributed by atoms with Crippen molar-refractivity contribution < 1.29 is 9.53 Å². The number of nitrogens with one attached hydrogen (secondary N) is 4. The second-order valence-corrected chi connectivity index (χ2v) is 9.06. The number of fused-ring (bicyclic) bond motifs is 2. The lowest BCUT2D eigenvalue weighted by Gasteiger charge is -2.31. The Morgan fingerprint density at radius 1 is 1.22 bits per heavy atom. The number of piperidine rings is 1. The number of rotatable bonds is 7. The van der Waals surface area contributed by atoms with E-state index in [4.69, 9.17) is 4.74 Å². The van der Waals surface area contributed by atoms with Crippen LogP contribution in [-0.4, -0.2) is 58.4 Å². The number of carbonyl (C=O) groups is 1. The topological polar surface area (TPSA) is 131 Å². The third-order valence-electron chi connectivity index (χ3n) is 6.72. The number of nitriles is 1. The van der Waals surface area contributed by atoms with Crippen LogP contribution in [-0.2, 0) is 0 Å². The van der Waals surface area contributed by atoms with E-state index < -0.39 is 0 Å². The summed E-state index contributed by atoms with van der Waals surface area (Å²) in [5.74, 6) is 0.522. The predicted octanol–water partition coefficient (Wildman–Crippen LogP) is 4.73. The molecule has 2 aromatic heterocycles. The van der Waals surface area contributed by atoms with Gasteiger partial charge in [0, 0.05) is 47.9 Å². The Labute approximate surface area is 215 Å². The Morgan fingerprint density at radius 2 is 2.05 bits per heavy atom. The zero-order valence-corrected chi connectivity index (χ0v) is 21.0. The zero-order chi connectivity index (χ0) is 25.8. The number of carbonyl (C=O) groups excluding carboxylic acids is 1. The molecule has 10 heteroatoms. The number of anilines is 3. The van der Waals surface area contributed by atoms with E-state index in [1.807, 2.05) is 31.2 Å². The first-order valence-corrected chi connectivity index (χ1v) is 12.6. The van der Waals surface area contributed by atoms with E-state index in [0.29, 0.717) is 40.2 Å². The van der Waals surface area contributed by atoms with Crippen LogP contribution in [0.3, 0.4) is 0 Å². The molecule has 0 unspecified atom stereocenters. The number of hydrogen-bond donors (Lipinski definition) is 4. The molecule has 0 saturated carbocycles. The number of nitrogens with zero attached hydrogens (tertiary/aromatic N) is 4. The monoisotopic (exact) mass is 498 g/mol. The van der Waals surface area contributed by atoms with Crippen LogP contribution in [0.5, 0.6) is 5.75 Å². The van der Waals surface area contributed by atoms with Crippen LogP contribution in [0.4, 0.5) is 21.9 Å². The van der Waals surface area contributed by atoms with E-state index in [1.165, 1.54) is 0 Å². The van der Waals surface area contributed by atoms with E-state index in [1.54, 1.807) is 18.5 Å². The smallest absolute Gasteiger partial charge is 0.319 e. The van der Waals surface area contributed by atoms with Crippen LogP contribution < -0.4 is 20.7 Å². The molecule has 5 rings (SSSR count). The van der Waals surface area contributed by atoms with Crippen molar-refractivity contribution in [2.45, 2.75) is 32.7 Å². The first-order chi connectivity index (χ1) is 18.1. The second kappa shape index (κ2) is 10.7. The maximum atomic E-state index is 12.9. The lowest BCUT2D eigenvalue weighted by atomic mass is 10.1. The highest BCUT2D eigenvalue weighted by atomic mass is 16.5. The fourth-order valence-electron chi connectivity index (χ4n) is 4.71. The summed E-state index contributed by atoms with van der Waals surface area (Å²) < 4.78 is 5.83. The van der Waals surface area contributed by atoms with E-state index in [-0.39, 0.29) is 12.1 Å². The number of urea groups is 1. The SMILES string of the molecule is CCOc1cc2ncc(C#N)c(Nc3ccc4[nH]ncc4c3)c2cc1NC(=O)NC1CCN(CC)CC1. The molecule has 1 saturated heterocycles. The Bertz CT molecular complexity index is 1470. The third-order valence-corrected chi connectivity index (χ3v) is 6.72. The average molecular weight is 499 g/mol. The molecule has 0 atom stereocenters. The quantitative estimate of drug-likeness (QED) is 0.290. The van der Waals surface area contributed by atoms with Gasteiger partial charge in [-0.15, -0.1) is 0 Å². The van der Waals surface area contributed by atoms with Gasteiger partial charge in [0.2, 0.25) is 0 Å². The maximum Gasteiger partial charge on any atom is 0.319 e. The van der Waals surface area contributed by atoms with Crippen LogP contribution in [0, 0.1) is 11.3 Å². The number of benzene rings is 2. The third kappa shape index (κ3) is 5.27. The van der Waals surface area contributed by atoms with Crippen molar-refractivity contribution in [2.75, 3.05) is 36.9 Å². The molecule has 0 spiro atoms. The van der Waals surface area contributed by atoms with Gasteiger partial charge in [-0.3, -0.25) is 10.1 Å². The maximum absolute atomic E-state index is 12.9. The minimum atomic E-state index is -0.278. The van der Waals surface area contributed by atoms with Gasteiger partial charge in [-0.2, -0.15) is 10.4 Å². The molecule has 10 nitrogen and oxygen atoms in total. The molecule has 3 heterocycles. The summed E-state index contributed by atoms with van der Waals surface area (Å²) >= 11 is 0. The summed E-state index contributed by atoms with van der Waals surface area (Å²) in [7, 11) is 0. The number of aromatic nitrogens is 3. The number of likely N-dealkylation sites (tertiary alicyclic amines) is 1. The van der Waals surface area contributed by atoms with Gasteiger partial charge in [0.25, 0.3) is 0 Å². The summed E-state index contributed by atoms with van der Waals surface area (Å²) in [6.07, 6.45) is 5.13. The molecule has 0 bridgehead atoms. The number of aromatic amines is 1. The predicted molar refractivity (Wildman–Crippen MR) is 144 cm³/mol. The van der Waals surface area contributed by atoms with Crippen LogP contribution in [0.15, 0.2) is 42.7 Å². The number of amides is 2. The molecule has 1 aliphatic rings. The van der Waals surface area contributed by atoms with E-state index in [2.05, 4.69) is 49.0 Å². The molecule has 37 heavy (non-hydrogen) atoms. The van der Waals surface area contributed by atoms with Gasteiger partial charge in [-0.1, -0.05) is 6.92 Å². The fraction of sp³-hybridized carbons (Fsp3) is 0.333. The second-order valence-electron chi connectivity index (χ2n) is 9.06. The Hall–Kier alpha value is -4.36. The molecule has 2 amide bonds. The Balaban J connectivity index is 1.46. The molecular formula is C27H30N8O2. The lowest BCUT2D eigenvalue weighted by molar-refractivity contribution is 0.203. The van der Waals surface area contributed by atoms with Crippen molar-refractivity contribution in [3.05, 3.63) is 48.3 Å². The van der Waals surface area contributed by atoms with Crippen molar-refractivity contribution in [1.82, 2.24) is 25.4 Å². The highest BCUT2D eigenvalue weighted by molar-refractivity contribution is 6.02. The van der Waals surface area contributed by atoms with E-state index in [0.717, 1.165) is 49.1 Å². The summed E-state index contributed by atoms with van der Waals surface area (Å²) in [5.41, 5.74) is 3.88. The minimum Gasteiger partial charge on any atom is -0.492 e. The summed E-state index contributed by atoms with van der Waals surface area (Å²) in [6.45, 7) is 7.46. The van der Waals surface area contributed by atoms with Crippen LogP contribution in [0.2, 0.25) is 0 Å². The van der Waals surface area contributed by atoms with Crippen molar-refractivity contribution in [3.8, 4) is 11.8 Å². The summed E-state index contributed by atoms with van der Waals surface area (Å²) in [4.78, 5) is 19.8. The normalized spacial score (nSPS) is 14.4. The summed E-state index contributed by atoms with van der Waals surface area (Å²) in [5, 5.41) is 27.9. The average Bonchev–Trinajstić information content (AvgIpc) is 3.38. The van der Waals surface area contributed by atoms with Gasteiger partial charge in [0.15, 0.2) is 0 Å². The lowest BCUT2D eigenvalue weighted by Crippen LogP contribution is -2.45. The number of ether oxygens (including phenoxy) is 1. The minimum absolute atomic E-state index is 0.126. The number of pyridine rings is 1. The van der Waals surface area contributed by atoms with E-state index in [9.17, 15) is 10.1 Å². The van der Waals surface area contributed by atoms with Crippen molar-refractivity contribution in [2.24, 2.45) is 0 Å². The molecule has 190 valence electrons. The molecule has 2 aromatic carbocycles. The standard InChI is InChI=1S/C27H30N8O2/c1-3-35-9-7-19(8-10-35)32-27(36)33-24-12-21-23(13-25(24)37-4-2)29-15-18(14-28)26(21)31-20-5-6-22-17(11-20)16-30-34-22/h5-6,11-13,15-16,19H,3-4,7-10H2,1-2H3,(H,29,31)(H,30,34)(H2,32,33,36). The molecule has 4 N–H and O–H groups in total. The van der Waals surface area contributed by atoms with Gasteiger partial charge in [0.1, 0.15) is 11.8 Å². The molecular weight excluding hydrogens is 468 g/mol. The largest absolute Gasteiger partial charge is 0.492 e. The first-order valence-electron chi connectivity index (χ1n) is 12.6. The van der Waals surface area contributed by atoms with Crippen molar-refractivity contribution in [3.63, 3.8) is 0 Å². The highest BCUT2D eigenvalue weighted by Gasteiger charge is 2.21. The molecule has 4 aromatic rings. The zero-order valence-electron chi connectivity index (χ0n) is 21.0. The fourth-order valence-corrected chi connectivity index (χ4v) is 4.71. The van der Waals surface area contributed by atoms with Gasteiger partial charge in [-0.25, -0.2) is 4.79 Å². The Morgan fingerprint density at radius 3 is 2.81 bits per heavy atom. The molecule has 1 fully saturated rings. The van der Waals surface area contributed by atoms with Gasteiger partial charge >= 0.3 is 6.03 Å². The summed E-state index contributed by atoms with van der Waals surface area (Å²) in [6, 6.07) is 11.5. The highest BCUT2D eigenvalue weighted by Crippen LogP contribution is 2.36. The number of hydrogen-bond acceptors (Lipinski definition) is 7. The van der Waals surface area contributed by atoms with Gasteiger partial charge < -0.3 is 25.6 Å². The molecule has 1 aliphatic heterocycles.